The predicted molar refractivity (Wildman–Crippen MR) is 93.7 cm³/mol. The molecule has 0 unspecified atom stereocenters. The highest BCUT2D eigenvalue weighted by Crippen LogP contribution is 2.17. The van der Waals surface area contributed by atoms with Crippen molar-refractivity contribution in [1.82, 2.24) is 0 Å². The highest BCUT2D eigenvalue weighted by Gasteiger charge is 2.03. The second-order valence-corrected chi connectivity index (χ2v) is 6.65. The van der Waals surface area contributed by atoms with E-state index in [1.165, 1.54) is 24.0 Å². The van der Waals surface area contributed by atoms with Crippen molar-refractivity contribution >= 4 is 6.08 Å². The maximum Gasteiger partial charge on any atom is 0.0519 e. The molecule has 0 aromatic heterocycles. The first-order valence-corrected chi connectivity index (χ1v) is 8.37. The number of hydrogen-bond donors (Lipinski definition) is 0. The molecule has 0 bridgehead atoms. The summed E-state index contributed by atoms with van der Waals surface area (Å²) in [6.07, 6.45) is 8.53. The van der Waals surface area contributed by atoms with Gasteiger partial charge in [-0.25, -0.2) is 0 Å². The van der Waals surface area contributed by atoms with Gasteiger partial charge in [-0.3, -0.25) is 0 Å². The first-order valence-electron chi connectivity index (χ1n) is 8.37. The molecule has 0 spiro atoms. The van der Waals surface area contributed by atoms with Crippen LogP contribution in [0.2, 0.25) is 0 Å². The summed E-state index contributed by atoms with van der Waals surface area (Å²) in [5, 5.41) is 0. The van der Waals surface area contributed by atoms with Crippen molar-refractivity contribution in [2.24, 2.45) is 5.92 Å². The minimum Gasteiger partial charge on any atom is -0.379 e. The van der Waals surface area contributed by atoms with Gasteiger partial charge in [-0.15, -0.1) is 0 Å². The zero-order chi connectivity index (χ0) is 15.7. The molecule has 1 aromatic carbocycles. The summed E-state index contributed by atoms with van der Waals surface area (Å²) in [6.45, 7) is 11.8. The standard InChI is InChI=1S/C20H32O/c1-16(2)20-13-9-12-19(14-20)11-8-6-7-10-18(5)15-21-17(3)4/h8-9,11-14,16-18H,6-7,10,15H2,1-5H3/b11-8+/t18-/m1/s1. The van der Waals surface area contributed by atoms with Gasteiger partial charge in [0.25, 0.3) is 0 Å². The van der Waals surface area contributed by atoms with Crippen LogP contribution < -0.4 is 0 Å². The molecular formula is C20H32O. The lowest BCUT2D eigenvalue weighted by Gasteiger charge is -2.13. The van der Waals surface area contributed by atoms with Crippen LogP contribution >= 0.6 is 0 Å². The molecule has 0 heterocycles. The summed E-state index contributed by atoms with van der Waals surface area (Å²) < 4.78 is 5.65. The molecule has 0 saturated carbocycles. The quantitative estimate of drug-likeness (QED) is 0.502. The van der Waals surface area contributed by atoms with Gasteiger partial charge in [0.1, 0.15) is 0 Å². The Labute approximate surface area is 131 Å². The first-order chi connectivity index (χ1) is 9.99. The van der Waals surface area contributed by atoms with Crippen LogP contribution in [0.1, 0.15) is 70.9 Å². The molecule has 1 atom stereocenters. The maximum absolute atomic E-state index is 5.65. The minimum atomic E-state index is 0.348. The normalized spacial score (nSPS) is 13.5. The topological polar surface area (TPSA) is 9.23 Å². The average molecular weight is 288 g/mol. The lowest BCUT2D eigenvalue weighted by molar-refractivity contribution is 0.0530. The molecule has 1 rings (SSSR count). The molecule has 1 heteroatoms. The van der Waals surface area contributed by atoms with Gasteiger partial charge in [-0.1, -0.05) is 57.2 Å². The zero-order valence-electron chi connectivity index (χ0n) is 14.4. The van der Waals surface area contributed by atoms with E-state index < -0.39 is 0 Å². The highest BCUT2D eigenvalue weighted by molar-refractivity contribution is 5.50. The Bertz CT molecular complexity index is 418. The Kier molecular flexibility index (Phi) is 8.37. The van der Waals surface area contributed by atoms with Gasteiger partial charge < -0.3 is 4.74 Å². The molecule has 0 aliphatic rings. The van der Waals surface area contributed by atoms with E-state index in [4.69, 9.17) is 4.74 Å². The summed E-state index contributed by atoms with van der Waals surface area (Å²) in [5.74, 6) is 1.25. The van der Waals surface area contributed by atoms with Crippen molar-refractivity contribution in [3.8, 4) is 0 Å². The summed E-state index contributed by atoms with van der Waals surface area (Å²) in [7, 11) is 0. The van der Waals surface area contributed by atoms with Crippen LogP contribution in [0.5, 0.6) is 0 Å². The second-order valence-electron chi connectivity index (χ2n) is 6.65. The fourth-order valence-electron chi connectivity index (χ4n) is 2.27. The van der Waals surface area contributed by atoms with Crippen LogP contribution in [0.15, 0.2) is 30.3 Å². The van der Waals surface area contributed by atoms with Crippen LogP contribution in [-0.4, -0.2) is 12.7 Å². The molecule has 118 valence electrons. The molecule has 0 aliphatic heterocycles. The lowest BCUT2D eigenvalue weighted by atomic mass is 10.0. The third-order valence-corrected chi connectivity index (χ3v) is 3.67. The molecule has 21 heavy (non-hydrogen) atoms. The monoisotopic (exact) mass is 288 g/mol. The van der Waals surface area contributed by atoms with E-state index in [9.17, 15) is 0 Å². The molecule has 1 aromatic rings. The largest absolute Gasteiger partial charge is 0.379 e. The van der Waals surface area contributed by atoms with E-state index in [1.54, 1.807) is 0 Å². The number of unbranched alkanes of at least 4 members (excludes halogenated alkanes) is 1. The van der Waals surface area contributed by atoms with Crippen molar-refractivity contribution in [2.75, 3.05) is 6.61 Å². The summed E-state index contributed by atoms with van der Waals surface area (Å²) >= 11 is 0. The van der Waals surface area contributed by atoms with Crippen LogP contribution in [0.25, 0.3) is 6.08 Å². The van der Waals surface area contributed by atoms with Crippen molar-refractivity contribution in [1.29, 1.82) is 0 Å². The van der Waals surface area contributed by atoms with Crippen LogP contribution in [0.3, 0.4) is 0 Å². The Hall–Kier alpha value is -1.08. The Morgan fingerprint density at radius 3 is 2.52 bits per heavy atom. The summed E-state index contributed by atoms with van der Waals surface area (Å²) in [5.41, 5.74) is 2.73. The molecule has 0 radical (unpaired) electrons. The summed E-state index contributed by atoms with van der Waals surface area (Å²) in [6, 6.07) is 8.83. The zero-order valence-corrected chi connectivity index (χ0v) is 14.4. The van der Waals surface area contributed by atoms with E-state index in [-0.39, 0.29) is 0 Å². The van der Waals surface area contributed by atoms with Crippen LogP contribution in [-0.2, 0) is 4.74 Å². The SMILES string of the molecule is CC(C)OC[C@H](C)CCC/C=C/c1cccc(C(C)C)c1. The van der Waals surface area contributed by atoms with Crippen molar-refractivity contribution in [3.63, 3.8) is 0 Å². The number of hydrogen-bond acceptors (Lipinski definition) is 1. The third kappa shape index (κ3) is 8.06. The molecule has 0 N–H and O–H groups in total. The van der Waals surface area contributed by atoms with E-state index in [1.807, 2.05) is 0 Å². The van der Waals surface area contributed by atoms with Crippen molar-refractivity contribution in [2.45, 2.75) is 65.9 Å². The second kappa shape index (κ2) is 9.78. The van der Waals surface area contributed by atoms with E-state index in [2.05, 4.69) is 71.0 Å². The number of benzene rings is 1. The molecular weight excluding hydrogens is 256 g/mol. The number of ether oxygens (including phenoxy) is 1. The van der Waals surface area contributed by atoms with Gasteiger partial charge in [-0.05, 0) is 56.1 Å². The van der Waals surface area contributed by atoms with Gasteiger partial charge in [0.2, 0.25) is 0 Å². The average Bonchev–Trinajstić information content (AvgIpc) is 2.45. The number of allylic oxidation sites excluding steroid dienone is 1. The molecule has 0 fully saturated rings. The predicted octanol–water partition coefficient (Wildman–Crippen LogP) is 6.05. The molecule has 0 aliphatic carbocycles. The minimum absolute atomic E-state index is 0.348. The van der Waals surface area contributed by atoms with Gasteiger partial charge in [-0.2, -0.15) is 0 Å². The molecule has 0 saturated heterocycles. The van der Waals surface area contributed by atoms with Crippen LogP contribution in [0, 0.1) is 5.92 Å². The van der Waals surface area contributed by atoms with Crippen molar-refractivity contribution < 1.29 is 4.74 Å². The maximum atomic E-state index is 5.65. The van der Waals surface area contributed by atoms with Gasteiger partial charge in [0.15, 0.2) is 0 Å². The van der Waals surface area contributed by atoms with Gasteiger partial charge >= 0.3 is 0 Å². The fraction of sp³-hybridized carbons (Fsp3) is 0.600. The number of rotatable bonds is 9. The van der Waals surface area contributed by atoms with E-state index in [0.29, 0.717) is 17.9 Å². The smallest absolute Gasteiger partial charge is 0.0519 e. The Morgan fingerprint density at radius 1 is 1.10 bits per heavy atom. The molecule has 0 amide bonds. The van der Waals surface area contributed by atoms with E-state index >= 15 is 0 Å². The Balaban J connectivity index is 2.27. The van der Waals surface area contributed by atoms with Crippen molar-refractivity contribution in [3.05, 3.63) is 41.5 Å². The third-order valence-electron chi connectivity index (χ3n) is 3.67. The Morgan fingerprint density at radius 2 is 1.86 bits per heavy atom. The molecule has 1 nitrogen and oxygen atoms in total. The van der Waals surface area contributed by atoms with E-state index in [0.717, 1.165) is 13.0 Å². The van der Waals surface area contributed by atoms with Gasteiger partial charge in [0.05, 0.1) is 6.10 Å². The summed E-state index contributed by atoms with van der Waals surface area (Å²) in [4.78, 5) is 0. The fourth-order valence-corrected chi connectivity index (χ4v) is 2.27. The van der Waals surface area contributed by atoms with Gasteiger partial charge in [0, 0.05) is 6.61 Å². The lowest BCUT2D eigenvalue weighted by Crippen LogP contribution is -2.10. The van der Waals surface area contributed by atoms with Crippen LogP contribution in [0.4, 0.5) is 0 Å². The first kappa shape index (κ1) is 18.0. The highest BCUT2D eigenvalue weighted by atomic mass is 16.5.